The lowest BCUT2D eigenvalue weighted by Crippen LogP contribution is -2.57. The molecule has 3 heteroatoms. The molecular weight excluding hydrogens is 260 g/mol. The zero-order valence-electron chi connectivity index (χ0n) is 13.4. The van der Waals surface area contributed by atoms with Gasteiger partial charge in [0.05, 0.1) is 13.2 Å². The van der Waals surface area contributed by atoms with Crippen LogP contribution in [0.3, 0.4) is 0 Å². The number of rotatable bonds is 3. The summed E-state index contributed by atoms with van der Waals surface area (Å²) in [7, 11) is 0. The van der Waals surface area contributed by atoms with Crippen molar-refractivity contribution in [2.75, 3.05) is 26.3 Å². The summed E-state index contributed by atoms with van der Waals surface area (Å²) in [6.07, 6.45) is 5.05. The predicted molar refractivity (Wildman–Crippen MR) is 86.4 cm³/mol. The fourth-order valence-corrected chi connectivity index (χ4v) is 4.20. The maximum Gasteiger partial charge on any atom is 0.0594 e. The Morgan fingerprint density at radius 1 is 1.14 bits per heavy atom. The molecule has 0 spiro atoms. The van der Waals surface area contributed by atoms with E-state index in [1.54, 1.807) is 0 Å². The molecule has 116 valence electrons. The quantitative estimate of drug-likeness (QED) is 0.929. The minimum atomic E-state index is 0.109. The number of nitrogens with two attached hydrogens (primary N) is 1. The van der Waals surface area contributed by atoms with Gasteiger partial charge in [-0.05, 0) is 37.8 Å². The molecule has 2 N–H and O–H groups in total. The number of hydrogen-bond donors (Lipinski definition) is 1. The topological polar surface area (TPSA) is 38.5 Å². The first-order valence-corrected chi connectivity index (χ1v) is 8.29. The summed E-state index contributed by atoms with van der Waals surface area (Å²) in [5.74, 6) is 0. The summed E-state index contributed by atoms with van der Waals surface area (Å²) in [4.78, 5) is 2.62. The van der Waals surface area contributed by atoms with Crippen LogP contribution in [0.5, 0.6) is 0 Å². The highest BCUT2D eigenvalue weighted by atomic mass is 16.5. The summed E-state index contributed by atoms with van der Waals surface area (Å²) in [5, 5.41) is 0. The summed E-state index contributed by atoms with van der Waals surface area (Å²) in [6.45, 7) is 8.10. The number of ether oxygens (including phenoxy) is 1. The van der Waals surface area contributed by atoms with Crippen molar-refractivity contribution in [2.24, 2.45) is 5.73 Å². The molecule has 2 aliphatic rings. The fraction of sp³-hybridized carbons (Fsp3) is 0.667. The van der Waals surface area contributed by atoms with Gasteiger partial charge in [-0.25, -0.2) is 0 Å². The van der Waals surface area contributed by atoms with Crippen molar-refractivity contribution >= 4 is 0 Å². The Labute approximate surface area is 128 Å². The lowest BCUT2D eigenvalue weighted by molar-refractivity contribution is -0.0312. The second kappa shape index (κ2) is 6.07. The Morgan fingerprint density at radius 3 is 2.48 bits per heavy atom. The molecule has 1 aromatic rings. The predicted octanol–water partition coefficient (Wildman–Crippen LogP) is 2.95. The molecule has 0 radical (unpaired) electrons. The molecule has 0 aromatic heterocycles. The molecule has 2 fully saturated rings. The highest BCUT2D eigenvalue weighted by Crippen LogP contribution is 2.44. The molecule has 1 unspecified atom stereocenters. The van der Waals surface area contributed by atoms with Crippen LogP contribution in [-0.4, -0.2) is 36.7 Å². The molecule has 1 aromatic carbocycles. The van der Waals surface area contributed by atoms with E-state index < -0.39 is 0 Å². The summed E-state index contributed by atoms with van der Waals surface area (Å²) in [6, 6.07) is 6.80. The monoisotopic (exact) mass is 288 g/mol. The van der Waals surface area contributed by atoms with Gasteiger partial charge in [0.15, 0.2) is 0 Å². The maximum absolute atomic E-state index is 6.85. The van der Waals surface area contributed by atoms with Crippen LogP contribution >= 0.6 is 0 Å². The van der Waals surface area contributed by atoms with E-state index >= 15 is 0 Å². The van der Waals surface area contributed by atoms with E-state index in [4.69, 9.17) is 10.5 Å². The van der Waals surface area contributed by atoms with Crippen LogP contribution in [0.25, 0.3) is 0 Å². The van der Waals surface area contributed by atoms with Crippen molar-refractivity contribution < 1.29 is 4.74 Å². The maximum atomic E-state index is 6.85. The van der Waals surface area contributed by atoms with E-state index in [9.17, 15) is 0 Å². The van der Waals surface area contributed by atoms with Crippen molar-refractivity contribution in [3.05, 3.63) is 34.9 Å². The van der Waals surface area contributed by atoms with Gasteiger partial charge >= 0.3 is 0 Å². The van der Waals surface area contributed by atoms with Gasteiger partial charge in [0.25, 0.3) is 0 Å². The smallest absolute Gasteiger partial charge is 0.0594 e. The molecule has 3 nitrogen and oxygen atoms in total. The lowest BCUT2D eigenvalue weighted by atomic mass is 9.80. The Kier molecular flexibility index (Phi) is 4.34. The van der Waals surface area contributed by atoms with Gasteiger partial charge in [-0.2, -0.15) is 0 Å². The molecular formula is C18H28N2O. The first-order chi connectivity index (χ1) is 10.1. The van der Waals surface area contributed by atoms with E-state index in [0.29, 0.717) is 0 Å². The van der Waals surface area contributed by atoms with Crippen LogP contribution in [-0.2, 0) is 4.74 Å². The number of hydrogen-bond acceptors (Lipinski definition) is 3. The molecule has 3 rings (SSSR count). The largest absolute Gasteiger partial charge is 0.379 e. The fourth-order valence-electron chi connectivity index (χ4n) is 4.20. The normalized spacial score (nSPS) is 24.1. The van der Waals surface area contributed by atoms with Crippen molar-refractivity contribution in [3.8, 4) is 0 Å². The van der Waals surface area contributed by atoms with Crippen molar-refractivity contribution in [2.45, 2.75) is 51.1 Å². The molecule has 1 atom stereocenters. The van der Waals surface area contributed by atoms with Gasteiger partial charge in [0.1, 0.15) is 0 Å². The Balaban J connectivity index is 1.94. The molecule has 1 aliphatic carbocycles. The zero-order valence-corrected chi connectivity index (χ0v) is 13.4. The third-order valence-electron chi connectivity index (χ3n) is 5.46. The molecule has 1 heterocycles. The van der Waals surface area contributed by atoms with Crippen molar-refractivity contribution in [1.29, 1.82) is 0 Å². The third kappa shape index (κ3) is 2.75. The molecule has 1 saturated heterocycles. The van der Waals surface area contributed by atoms with Gasteiger partial charge in [-0.15, -0.1) is 0 Å². The molecule has 1 aliphatic heterocycles. The van der Waals surface area contributed by atoms with Crippen LogP contribution in [0, 0.1) is 13.8 Å². The van der Waals surface area contributed by atoms with Crippen LogP contribution in [0.4, 0.5) is 0 Å². The minimum absolute atomic E-state index is 0.109. The van der Waals surface area contributed by atoms with Gasteiger partial charge in [-0.3, -0.25) is 4.90 Å². The summed E-state index contributed by atoms with van der Waals surface area (Å²) in [5.41, 5.74) is 11.0. The first-order valence-electron chi connectivity index (χ1n) is 8.29. The van der Waals surface area contributed by atoms with Crippen LogP contribution < -0.4 is 5.73 Å². The van der Waals surface area contributed by atoms with Gasteiger partial charge in [-0.1, -0.05) is 36.6 Å². The highest BCUT2D eigenvalue weighted by molar-refractivity contribution is 5.35. The van der Waals surface area contributed by atoms with Crippen LogP contribution in [0.2, 0.25) is 0 Å². The molecule has 0 bridgehead atoms. The van der Waals surface area contributed by atoms with Crippen molar-refractivity contribution in [1.82, 2.24) is 4.90 Å². The Hall–Kier alpha value is -0.900. The summed E-state index contributed by atoms with van der Waals surface area (Å²) >= 11 is 0. The number of aryl methyl sites for hydroxylation is 2. The Bertz CT molecular complexity index is 488. The van der Waals surface area contributed by atoms with E-state index in [1.807, 2.05) is 0 Å². The molecule has 1 saturated carbocycles. The van der Waals surface area contributed by atoms with E-state index in [0.717, 1.165) is 26.3 Å². The van der Waals surface area contributed by atoms with E-state index in [-0.39, 0.29) is 11.6 Å². The minimum Gasteiger partial charge on any atom is -0.379 e. The van der Waals surface area contributed by atoms with Gasteiger partial charge < -0.3 is 10.5 Å². The van der Waals surface area contributed by atoms with Crippen LogP contribution in [0.15, 0.2) is 18.2 Å². The molecule has 0 amide bonds. The van der Waals surface area contributed by atoms with Gasteiger partial charge in [0, 0.05) is 24.7 Å². The number of benzene rings is 1. The lowest BCUT2D eigenvalue weighted by Gasteiger charge is -2.47. The third-order valence-corrected chi connectivity index (χ3v) is 5.46. The van der Waals surface area contributed by atoms with Crippen LogP contribution in [0.1, 0.15) is 48.4 Å². The second-order valence-corrected chi connectivity index (χ2v) is 6.75. The molecule has 21 heavy (non-hydrogen) atoms. The second-order valence-electron chi connectivity index (χ2n) is 6.75. The van der Waals surface area contributed by atoms with E-state index in [2.05, 4.69) is 36.9 Å². The average Bonchev–Trinajstić information content (AvgIpc) is 3.01. The Morgan fingerprint density at radius 2 is 1.81 bits per heavy atom. The standard InChI is InChI=1S/C18H28N2O/c1-14-5-6-15(2)16(13-14)17(19)18(7-3-4-8-18)20-9-11-21-12-10-20/h5-6,13,17H,3-4,7-12,19H2,1-2H3. The first kappa shape index (κ1) is 15.0. The van der Waals surface area contributed by atoms with Crippen molar-refractivity contribution in [3.63, 3.8) is 0 Å². The van der Waals surface area contributed by atoms with Gasteiger partial charge in [0.2, 0.25) is 0 Å². The summed E-state index contributed by atoms with van der Waals surface area (Å²) < 4.78 is 5.55. The van der Waals surface area contributed by atoms with E-state index in [1.165, 1.54) is 42.4 Å². The highest BCUT2D eigenvalue weighted by Gasteiger charge is 2.45. The number of morpholine rings is 1. The zero-order chi connectivity index (χ0) is 14.9. The average molecular weight is 288 g/mol. The SMILES string of the molecule is Cc1ccc(C)c(C(N)C2(N3CCOCC3)CCCC2)c1. The number of nitrogens with zero attached hydrogens (tertiary/aromatic N) is 1.